The predicted molar refractivity (Wildman–Crippen MR) is 102 cm³/mol. The third-order valence-electron chi connectivity index (χ3n) is 6.07. The molecule has 146 valence electrons. The van der Waals surface area contributed by atoms with Gasteiger partial charge in [-0.3, -0.25) is 14.0 Å². The molecule has 0 radical (unpaired) electrons. The Labute approximate surface area is 160 Å². The van der Waals surface area contributed by atoms with Crippen molar-refractivity contribution in [3.05, 3.63) is 29.5 Å². The molecule has 1 atom stereocenters. The molecular weight excluding hydrogens is 342 g/mol. The van der Waals surface area contributed by atoms with Crippen LogP contribution in [0.1, 0.15) is 66.8 Å². The Bertz CT molecular complexity index is 826. The highest BCUT2D eigenvalue weighted by Crippen LogP contribution is 2.38. The molecule has 1 N–H and O–H groups in total. The number of rotatable bonds is 3. The van der Waals surface area contributed by atoms with E-state index in [-0.39, 0.29) is 17.6 Å². The van der Waals surface area contributed by atoms with Gasteiger partial charge in [0.2, 0.25) is 0 Å². The van der Waals surface area contributed by atoms with Gasteiger partial charge in [0.15, 0.2) is 0 Å². The van der Waals surface area contributed by atoms with E-state index in [9.17, 15) is 4.79 Å². The standard InChI is InChI=1S/C20H29N5O2/c1-14-17(19(24(3)23-14)25-11-10-21-15(25)2)18(26)22-16-7-12-27-20(13-16)8-5-4-6-9-20/h10-11,16H,4-9,12-13H2,1-3H3,(H,22,26). The number of imidazole rings is 1. The molecule has 2 aromatic heterocycles. The Morgan fingerprint density at radius 1 is 1.30 bits per heavy atom. The molecule has 2 aliphatic rings. The molecule has 1 spiro atoms. The molecule has 1 aliphatic carbocycles. The first-order valence-electron chi connectivity index (χ1n) is 9.98. The van der Waals surface area contributed by atoms with E-state index in [1.54, 1.807) is 10.9 Å². The molecule has 1 amide bonds. The second-order valence-electron chi connectivity index (χ2n) is 8.01. The second kappa shape index (κ2) is 7.11. The monoisotopic (exact) mass is 371 g/mol. The lowest BCUT2D eigenvalue weighted by Crippen LogP contribution is -2.49. The van der Waals surface area contributed by atoms with Gasteiger partial charge in [-0.05, 0) is 39.5 Å². The number of hydrogen-bond acceptors (Lipinski definition) is 4. The molecule has 2 aromatic rings. The van der Waals surface area contributed by atoms with Crippen molar-refractivity contribution < 1.29 is 9.53 Å². The minimum absolute atomic E-state index is 0.0256. The SMILES string of the molecule is Cc1nn(C)c(-n2ccnc2C)c1C(=O)NC1CCOC2(CCCCC2)C1. The number of nitrogens with one attached hydrogen (secondary N) is 1. The van der Waals surface area contributed by atoms with Gasteiger partial charge < -0.3 is 10.1 Å². The third kappa shape index (κ3) is 3.40. The predicted octanol–water partition coefficient (Wildman–Crippen LogP) is 2.83. The molecule has 27 heavy (non-hydrogen) atoms. The van der Waals surface area contributed by atoms with Crippen molar-refractivity contribution in [2.75, 3.05) is 6.61 Å². The van der Waals surface area contributed by atoms with E-state index in [2.05, 4.69) is 15.4 Å². The fourth-order valence-electron chi connectivity index (χ4n) is 4.74. The molecule has 2 fully saturated rings. The average molecular weight is 371 g/mol. The molecule has 4 rings (SSSR count). The average Bonchev–Trinajstić information content (AvgIpc) is 3.17. The maximum absolute atomic E-state index is 13.2. The molecule has 1 saturated heterocycles. The summed E-state index contributed by atoms with van der Waals surface area (Å²) in [5, 5.41) is 7.76. The lowest BCUT2D eigenvalue weighted by Gasteiger charge is -2.43. The zero-order valence-electron chi connectivity index (χ0n) is 16.5. The summed E-state index contributed by atoms with van der Waals surface area (Å²) in [4.78, 5) is 17.5. The quantitative estimate of drug-likeness (QED) is 0.900. The fraction of sp³-hybridized carbons (Fsp3) is 0.650. The zero-order valence-corrected chi connectivity index (χ0v) is 16.5. The topological polar surface area (TPSA) is 74.0 Å². The van der Waals surface area contributed by atoms with Gasteiger partial charge in [0.25, 0.3) is 5.91 Å². The van der Waals surface area contributed by atoms with Gasteiger partial charge in [-0.25, -0.2) is 4.98 Å². The van der Waals surface area contributed by atoms with E-state index in [0.717, 1.165) is 49.6 Å². The highest BCUT2D eigenvalue weighted by molar-refractivity contribution is 5.98. The third-order valence-corrected chi connectivity index (χ3v) is 6.07. The largest absolute Gasteiger partial charge is 0.375 e. The minimum atomic E-state index is -0.0541. The Hall–Kier alpha value is -2.15. The van der Waals surface area contributed by atoms with E-state index in [1.165, 1.54) is 19.3 Å². The van der Waals surface area contributed by atoms with Crippen molar-refractivity contribution in [2.24, 2.45) is 7.05 Å². The van der Waals surface area contributed by atoms with E-state index < -0.39 is 0 Å². The van der Waals surface area contributed by atoms with Gasteiger partial charge in [0, 0.05) is 32.1 Å². The van der Waals surface area contributed by atoms with Crippen LogP contribution in [0.15, 0.2) is 12.4 Å². The lowest BCUT2D eigenvalue weighted by molar-refractivity contribution is -0.107. The minimum Gasteiger partial charge on any atom is -0.375 e. The van der Waals surface area contributed by atoms with Crippen LogP contribution in [0.5, 0.6) is 0 Å². The van der Waals surface area contributed by atoms with Gasteiger partial charge in [0.1, 0.15) is 17.2 Å². The molecule has 1 unspecified atom stereocenters. The number of nitrogens with zero attached hydrogens (tertiary/aromatic N) is 4. The molecule has 7 heteroatoms. The molecule has 0 bridgehead atoms. The normalized spacial score (nSPS) is 22.1. The van der Waals surface area contributed by atoms with Crippen LogP contribution in [0.25, 0.3) is 5.82 Å². The van der Waals surface area contributed by atoms with E-state index >= 15 is 0 Å². The molecule has 1 saturated carbocycles. The summed E-state index contributed by atoms with van der Waals surface area (Å²) >= 11 is 0. The lowest BCUT2D eigenvalue weighted by atomic mass is 9.78. The number of ether oxygens (including phenoxy) is 1. The van der Waals surface area contributed by atoms with Crippen molar-refractivity contribution in [1.29, 1.82) is 0 Å². The summed E-state index contributed by atoms with van der Waals surface area (Å²) in [5.74, 6) is 1.54. The molecule has 3 heterocycles. The van der Waals surface area contributed by atoms with Crippen molar-refractivity contribution in [2.45, 2.75) is 70.4 Å². The van der Waals surface area contributed by atoms with Crippen LogP contribution in [0, 0.1) is 13.8 Å². The molecule has 1 aliphatic heterocycles. The molecule has 7 nitrogen and oxygen atoms in total. The van der Waals surface area contributed by atoms with Gasteiger partial charge >= 0.3 is 0 Å². The van der Waals surface area contributed by atoms with Gasteiger partial charge in [-0.15, -0.1) is 0 Å². The fourth-order valence-corrected chi connectivity index (χ4v) is 4.74. The van der Waals surface area contributed by atoms with Crippen molar-refractivity contribution >= 4 is 5.91 Å². The van der Waals surface area contributed by atoms with E-state index in [4.69, 9.17) is 4.74 Å². The Balaban J connectivity index is 1.56. The summed E-state index contributed by atoms with van der Waals surface area (Å²) in [5.41, 5.74) is 1.34. The first kappa shape index (κ1) is 18.2. The number of carbonyl (C=O) groups excluding carboxylic acids is 1. The number of amides is 1. The van der Waals surface area contributed by atoms with Crippen LogP contribution in [0.2, 0.25) is 0 Å². The smallest absolute Gasteiger partial charge is 0.257 e. The van der Waals surface area contributed by atoms with Crippen molar-refractivity contribution in [3.8, 4) is 5.82 Å². The maximum atomic E-state index is 13.2. The molecule has 0 aromatic carbocycles. The number of carbonyl (C=O) groups is 1. The van der Waals surface area contributed by atoms with Crippen molar-refractivity contribution in [3.63, 3.8) is 0 Å². The maximum Gasteiger partial charge on any atom is 0.257 e. The Kier molecular flexibility index (Phi) is 4.80. The first-order chi connectivity index (χ1) is 13.0. The summed E-state index contributed by atoms with van der Waals surface area (Å²) in [6.45, 7) is 4.54. The zero-order chi connectivity index (χ0) is 19.0. The Morgan fingerprint density at radius 3 is 2.78 bits per heavy atom. The van der Waals surface area contributed by atoms with Crippen LogP contribution >= 0.6 is 0 Å². The number of aryl methyl sites for hydroxylation is 3. The van der Waals surface area contributed by atoms with Gasteiger partial charge in [-0.1, -0.05) is 19.3 Å². The Morgan fingerprint density at radius 2 is 2.07 bits per heavy atom. The van der Waals surface area contributed by atoms with Gasteiger partial charge in [0.05, 0.1) is 11.3 Å². The van der Waals surface area contributed by atoms with Gasteiger partial charge in [-0.2, -0.15) is 5.10 Å². The van der Waals surface area contributed by atoms with E-state index in [0.29, 0.717) is 5.56 Å². The summed E-state index contributed by atoms with van der Waals surface area (Å²) in [6, 6.07) is 0.153. The van der Waals surface area contributed by atoms with Crippen LogP contribution < -0.4 is 5.32 Å². The molecular formula is C20H29N5O2. The van der Waals surface area contributed by atoms with Crippen molar-refractivity contribution in [1.82, 2.24) is 24.6 Å². The highest BCUT2D eigenvalue weighted by Gasteiger charge is 2.39. The number of aromatic nitrogens is 4. The summed E-state index contributed by atoms with van der Waals surface area (Å²) in [6.07, 6.45) is 11.4. The summed E-state index contributed by atoms with van der Waals surface area (Å²) < 4.78 is 9.84. The first-order valence-corrected chi connectivity index (χ1v) is 9.98. The van der Waals surface area contributed by atoms with Crippen LogP contribution in [-0.2, 0) is 11.8 Å². The van der Waals surface area contributed by atoms with E-state index in [1.807, 2.05) is 31.7 Å². The van der Waals surface area contributed by atoms with Crippen LogP contribution in [0.3, 0.4) is 0 Å². The second-order valence-corrected chi connectivity index (χ2v) is 8.01. The number of hydrogen-bond donors (Lipinski definition) is 1. The van der Waals surface area contributed by atoms with Crippen LogP contribution in [-0.4, -0.2) is 43.5 Å². The van der Waals surface area contributed by atoms with Crippen LogP contribution in [0.4, 0.5) is 0 Å². The summed E-state index contributed by atoms with van der Waals surface area (Å²) in [7, 11) is 1.87. The highest BCUT2D eigenvalue weighted by atomic mass is 16.5.